The Balaban J connectivity index is 2.42. The molecule has 0 bridgehead atoms. The Morgan fingerprint density at radius 3 is 2.68 bits per heavy atom. The minimum atomic E-state index is -0.639. The molecule has 0 aliphatic rings. The number of fused-ring (bicyclic) bond motifs is 1. The lowest BCUT2D eigenvalue weighted by Crippen LogP contribution is -1.99. The summed E-state index contributed by atoms with van der Waals surface area (Å²) in [4.78, 5) is 3.03. The topological polar surface area (TPSA) is 20.7 Å². The molecule has 2 nitrogen and oxygen atoms in total. The number of para-hydroxylation sites is 1. The molecule has 1 heterocycles. The van der Waals surface area contributed by atoms with Crippen LogP contribution in [0.5, 0.6) is 0 Å². The van der Waals surface area contributed by atoms with Crippen LogP contribution >= 0.6 is 12.2 Å². The summed E-state index contributed by atoms with van der Waals surface area (Å²) in [6, 6.07) is 9.15. The van der Waals surface area contributed by atoms with Crippen LogP contribution in [0.2, 0.25) is 0 Å². The standard InChI is InChI=1S/C14H10F2N2S/c1-8-3-2-4-11-13(8)18(14(19)17-11)12-6-5-9(15)7-10(12)16/h2-7H,1H3,(H,17,19). The largest absolute Gasteiger partial charge is 0.330 e. The molecule has 3 rings (SSSR count). The van der Waals surface area contributed by atoms with E-state index in [4.69, 9.17) is 12.2 Å². The van der Waals surface area contributed by atoms with Crippen molar-refractivity contribution in [1.82, 2.24) is 9.55 Å². The summed E-state index contributed by atoms with van der Waals surface area (Å²) in [6.45, 7) is 1.92. The minimum absolute atomic E-state index is 0.243. The van der Waals surface area contributed by atoms with Crippen LogP contribution in [0.15, 0.2) is 36.4 Å². The highest BCUT2D eigenvalue weighted by Gasteiger charge is 2.12. The molecule has 0 spiro atoms. The Labute approximate surface area is 113 Å². The van der Waals surface area contributed by atoms with Gasteiger partial charge in [0.05, 0.1) is 16.7 Å². The molecule has 1 aromatic heterocycles. The van der Waals surface area contributed by atoms with E-state index in [0.29, 0.717) is 4.77 Å². The second-order valence-corrected chi connectivity index (χ2v) is 4.72. The first-order valence-corrected chi connectivity index (χ1v) is 6.14. The van der Waals surface area contributed by atoms with Crippen molar-refractivity contribution in [2.24, 2.45) is 0 Å². The molecule has 1 N–H and O–H groups in total. The fraction of sp³-hybridized carbons (Fsp3) is 0.0714. The number of H-pyrrole nitrogens is 1. The molecular weight excluding hydrogens is 266 g/mol. The van der Waals surface area contributed by atoms with Crippen molar-refractivity contribution in [3.63, 3.8) is 0 Å². The van der Waals surface area contributed by atoms with Crippen molar-refractivity contribution in [2.45, 2.75) is 6.92 Å². The van der Waals surface area contributed by atoms with Gasteiger partial charge in [-0.25, -0.2) is 8.78 Å². The van der Waals surface area contributed by atoms with Crippen LogP contribution in [-0.2, 0) is 0 Å². The molecule has 0 radical (unpaired) electrons. The van der Waals surface area contributed by atoms with Gasteiger partial charge in [0, 0.05) is 6.07 Å². The maximum Gasteiger partial charge on any atom is 0.182 e. The Hall–Kier alpha value is -2.01. The van der Waals surface area contributed by atoms with Crippen LogP contribution in [0.3, 0.4) is 0 Å². The molecule has 96 valence electrons. The van der Waals surface area contributed by atoms with Crippen molar-refractivity contribution >= 4 is 23.3 Å². The van der Waals surface area contributed by atoms with Crippen LogP contribution < -0.4 is 0 Å². The second-order valence-electron chi connectivity index (χ2n) is 4.33. The van der Waals surface area contributed by atoms with E-state index in [-0.39, 0.29) is 5.69 Å². The summed E-state index contributed by atoms with van der Waals surface area (Å²) in [5.74, 6) is -1.25. The van der Waals surface area contributed by atoms with Crippen LogP contribution in [0.25, 0.3) is 16.7 Å². The molecule has 0 saturated carbocycles. The van der Waals surface area contributed by atoms with E-state index in [1.165, 1.54) is 12.1 Å². The monoisotopic (exact) mass is 276 g/mol. The fourth-order valence-electron chi connectivity index (χ4n) is 2.22. The maximum absolute atomic E-state index is 13.9. The van der Waals surface area contributed by atoms with Crippen LogP contribution in [0, 0.1) is 23.3 Å². The highest BCUT2D eigenvalue weighted by atomic mass is 32.1. The number of nitrogens with zero attached hydrogens (tertiary/aromatic N) is 1. The molecule has 0 aliphatic heterocycles. The lowest BCUT2D eigenvalue weighted by molar-refractivity contribution is 0.578. The van der Waals surface area contributed by atoms with Gasteiger partial charge in [-0.2, -0.15) is 0 Å². The van der Waals surface area contributed by atoms with Gasteiger partial charge < -0.3 is 4.98 Å². The number of aryl methyl sites for hydroxylation is 1. The average Bonchev–Trinajstić information content (AvgIpc) is 2.67. The quantitative estimate of drug-likeness (QED) is 0.658. The third-order valence-corrected chi connectivity index (χ3v) is 3.34. The summed E-state index contributed by atoms with van der Waals surface area (Å²) in [7, 11) is 0. The zero-order chi connectivity index (χ0) is 13.6. The van der Waals surface area contributed by atoms with Gasteiger partial charge >= 0.3 is 0 Å². The fourth-order valence-corrected chi connectivity index (χ4v) is 2.52. The van der Waals surface area contributed by atoms with Gasteiger partial charge in [-0.1, -0.05) is 12.1 Å². The molecular formula is C14H10F2N2S. The van der Waals surface area contributed by atoms with E-state index >= 15 is 0 Å². The number of imidazole rings is 1. The highest BCUT2D eigenvalue weighted by molar-refractivity contribution is 7.71. The number of hydrogen-bond donors (Lipinski definition) is 1. The predicted molar refractivity (Wildman–Crippen MR) is 73.1 cm³/mol. The highest BCUT2D eigenvalue weighted by Crippen LogP contribution is 2.24. The zero-order valence-electron chi connectivity index (χ0n) is 10.1. The third kappa shape index (κ3) is 1.86. The maximum atomic E-state index is 13.9. The number of aromatic amines is 1. The van der Waals surface area contributed by atoms with Gasteiger partial charge in [0.15, 0.2) is 4.77 Å². The van der Waals surface area contributed by atoms with Gasteiger partial charge in [-0.15, -0.1) is 0 Å². The van der Waals surface area contributed by atoms with Gasteiger partial charge in [0.1, 0.15) is 11.6 Å². The molecule has 0 aliphatic carbocycles. The van der Waals surface area contributed by atoms with E-state index in [0.717, 1.165) is 22.7 Å². The van der Waals surface area contributed by atoms with Crippen LogP contribution in [0.4, 0.5) is 8.78 Å². The van der Waals surface area contributed by atoms with E-state index < -0.39 is 11.6 Å². The molecule has 0 fully saturated rings. The van der Waals surface area contributed by atoms with Crippen molar-refractivity contribution < 1.29 is 8.78 Å². The normalized spacial score (nSPS) is 11.1. The molecule has 0 amide bonds. The van der Waals surface area contributed by atoms with E-state index in [1.54, 1.807) is 4.57 Å². The minimum Gasteiger partial charge on any atom is -0.330 e. The summed E-state index contributed by atoms with van der Waals surface area (Å²) in [5.41, 5.74) is 2.84. The van der Waals surface area contributed by atoms with Crippen molar-refractivity contribution in [3.05, 3.63) is 58.4 Å². The number of benzene rings is 2. The van der Waals surface area contributed by atoms with Gasteiger partial charge in [0.25, 0.3) is 0 Å². The van der Waals surface area contributed by atoms with Gasteiger partial charge in [-0.05, 0) is 42.9 Å². The van der Waals surface area contributed by atoms with Crippen LogP contribution in [-0.4, -0.2) is 9.55 Å². The Bertz CT molecular complexity index is 833. The van der Waals surface area contributed by atoms with Crippen molar-refractivity contribution in [2.75, 3.05) is 0 Å². The van der Waals surface area contributed by atoms with Gasteiger partial charge in [-0.3, -0.25) is 4.57 Å². The first kappa shape index (κ1) is 12.0. The lowest BCUT2D eigenvalue weighted by atomic mass is 10.2. The Morgan fingerprint density at radius 1 is 1.16 bits per heavy atom. The summed E-state index contributed by atoms with van der Waals surface area (Å²) in [5, 5.41) is 0. The Morgan fingerprint density at radius 2 is 1.95 bits per heavy atom. The Kier molecular flexibility index (Phi) is 2.71. The number of hydrogen-bond acceptors (Lipinski definition) is 1. The lowest BCUT2D eigenvalue weighted by Gasteiger charge is -2.07. The number of nitrogens with one attached hydrogen (secondary N) is 1. The summed E-state index contributed by atoms with van der Waals surface area (Å²) in [6.07, 6.45) is 0. The van der Waals surface area contributed by atoms with Crippen LogP contribution in [0.1, 0.15) is 5.56 Å². The molecule has 0 atom stereocenters. The average molecular weight is 276 g/mol. The molecule has 2 aromatic carbocycles. The van der Waals surface area contributed by atoms with E-state index in [9.17, 15) is 8.78 Å². The first-order chi connectivity index (χ1) is 9.08. The number of halogens is 2. The zero-order valence-corrected chi connectivity index (χ0v) is 10.9. The van der Waals surface area contributed by atoms with E-state index in [1.807, 2.05) is 25.1 Å². The van der Waals surface area contributed by atoms with Crippen molar-refractivity contribution in [1.29, 1.82) is 0 Å². The smallest absolute Gasteiger partial charge is 0.182 e. The third-order valence-electron chi connectivity index (χ3n) is 3.06. The number of aromatic nitrogens is 2. The SMILES string of the molecule is Cc1cccc2[nH]c(=S)n(-c3ccc(F)cc3F)c12. The van der Waals surface area contributed by atoms with Gasteiger partial charge in [0.2, 0.25) is 0 Å². The summed E-state index contributed by atoms with van der Waals surface area (Å²) >= 11 is 5.23. The second kappa shape index (κ2) is 4.28. The summed E-state index contributed by atoms with van der Waals surface area (Å²) < 4.78 is 28.9. The predicted octanol–water partition coefficient (Wildman–Crippen LogP) is 4.27. The molecule has 19 heavy (non-hydrogen) atoms. The van der Waals surface area contributed by atoms with E-state index in [2.05, 4.69) is 4.98 Å². The molecule has 0 unspecified atom stereocenters. The van der Waals surface area contributed by atoms with Crippen molar-refractivity contribution in [3.8, 4) is 5.69 Å². The molecule has 3 aromatic rings. The number of rotatable bonds is 1. The first-order valence-electron chi connectivity index (χ1n) is 5.73. The molecule has 5 heteroatoms. The molecule has 0 saturated heterocycles.